The first-order valence-electron chi connectivity index (χ1n) is 9.32. The lowest BCUT2D eigenvalue weighted by Gasteiger charge is -2.16. The van der Waals surface area contributed by atoms with Crippen LogP contribution in [0.3, 0.4) is 0 Å². The predicted molar refractivity (Wildman–Crippen MR) is 116 cm³/mol. The van der Waals surface area contributed by atoms with Gasteiger partial charge in [-0.15, -0.1) is 0 Å². The molecule has 5 heteroatoms. The highest BCUT2D eigenvalue weighted by molar-refractivity contribution is 5.95. The van der Waals surface area contributed by atoms with Gasteiger partial charge in [0.1, 0.15) is 5.75 Å². The molecule has 3 aromatic carbocycles. The van der Waals surface area contributed by atoms with Gasteiger partial charge in [0.25, 0.3) is 5.91 Å². The zero-order chi connectivity index (χ0) is 20.8. The number of rotatable bonds is 6. The molecule has 0 aliphatic carbocycles. The Morgan fingerprint density at radius 3 is 2.38 bits per heavy atom. The van der Waals surface area contributed by atoms with E-state index in [4.69, 9.17) is 4.74 Å². The maximum absolute atomic E-state index is 12.4. The Kier molecular flexibility index (Phi) is 6.29. The quantitative estimate of drug-likeness (QED) is 0.652. The Balaban J connectivity index is 1.64. The number of carbonyl (C=O) groups is 2. The average molecular weight is 388 g/mol. The highest BCUT2D eigenvalue weighted by atomic mass is 16.5. The zero-order valence-electron chi connectivity index (χ0n) is 16.8. The number of ether oxygens (including phenoxy) is 1. The Morgan fingerprint density at radius 2 is 1.69 bits per heavy atom. The third kappa shape index (κ3) is 5.02. The second kappa shape index (κ2) is 9.06. The summed E-state index contributed by atoms with van der Waals surface area (Å²) < 4.78 is 5.26. The van der Waals surface area contributed by atoms with Crippen LogP contribution < -0.4 is 10.1 Å². The fourth-order valence-corrected chi connectivity index (χ4v) is 3.04. The molecule has 148 valence electrons. The molecule has 29 heavy (non-hydrogen) atoms. The highest BCUT2D eigenvalue weighted by Crippen LogP contribution is 2.22. The topological polar surface area (TPSA) is 58.6 Å². The summed E-state index contributed by atoms with van der Waals surface area (Å²) >= 11 is 0. The van der Waals surface area contributed by atoms with Crippen molar-refractivity contribution < 1.29 is 14.3 Å². The molecule has 2 amide bonds. The van der Waals surface area contributed by atoms with Crippen molar-refractivity contribution in [1.82, 2.24) is 10.2 Å². The standard InChI is InChI=1S/C24H24N2O3/c1-25-24(28)19-8-4-17(5-9-19)7-13-23(27)26(2)16-18-6-10-21-15-22(29-3)12-11-20(21)14-18/h4-15H,16H2,1-3H3,(H,25,28)/b13-7+. The van der Waals surface area contributed by atoms with Gasteiger partial charge in [0.15, 0.2) is 0 Å². The van der Waals surface area contributed by atoms with Crippen LogP contribution in [-0.2, 0) is 11.3 Å². The summed E-state index contributed by atoms with van der Waals surface area (Å²) in [5, 5.41) is 4.79. The minimum atomic E-state index is -0.134. The Hall–Kier alpha value is -3.60. The van der Waals surface area contributed by atoms with Gasteiger partial charge in [-0.3, -0.25) is 9.59 Å². The summed E-state index contributed by atoms with van der Waals surface area (Å²) in [6.07, 6.45) is 3.29. The summed E-state index contributed by atoms with van der Waals surface area (Å²) in [6.45, 7) is 0.515. The summed E-state index contributed by atoms with van der Waals surface area (Å²) in [5.41, 5.74) is 2.50. The van der Waals surface area contributed by atoms with E-state index in [1.54, 1.807) is 50.4 Å². The summed E-state index contributed by atoms with van der Waals surface area (Å²) in [7, 11) is 5.02. The number of carbonyl (C=O) groups excluding carboxylic acids is 2. The third-order valence-electron chi connectivity index (χ3n) is 4.73. The summed E-state index contributed by atoms with van der Waals surface area (Å²) in [5.74, 6) is 0.603. The van der Waals surface area contributed by atoms with E-state index in [1.807, 2.05) is 42.5 Å². The minimum Gasteiger partial charge on any atom is -0.497 e. The molecule has 0 aliphatic rings. The van der Waals surface area contributed by atoms with Gasteiger partial charge in [-0.25, -0.2) is 0 Å². The zero-order valence-corrected chi connectivity index (χ0v) is 16.8. The molecule has 1 N–H and O–H groups in total. The molecule has 0 bridgehead atoms. The number of hydrogen-bond acceptors (Lipinski definition) is 3. The van der Waals surface area contributed by atoms with Crippen molar-refractivity contribution in [2.24, 2.45) is 0 Å². The second-order valence-corrected chi connectivity index (χ2v) is 6.78. The van der Waals surface area contributed by atoms with Crippen LogP contribution in [0.25, 0.3) is 16.8 Å². The average Bonchev–Trinajstić information content (AvgIpc) is 2.76. The van der Waals surface area contributed by atoms with Crippen LogP contribution in [0.15, 0.2) is 66.7 Å². The first kappa shape index (κ1) is 20.1. The van der Waals surface area contributed by atoms with E-state index in [0.29, 0.717) is 12.1 Å². The number of amides is 2. The molecular weight excluding hydrogens is 364 g/mol. The molecule has 0 atom stereocenters. The molecular formula is C24H24N2O3. The van der Waals surface area contributed by atoms with Crippen LogP contribution in [-0.4, -0.2) is 37.9 Å². The third-order valence-corrected chi connectivity index (χ3v) is 4.73. The highest BCUT2D eigenvalue weighted by Gasteiger charge is 2.07. The normalized spacial score (nSPS) is 10.9. The molecule has 0 aliphatic heterocycles. The lowest BCUT2D eigenvalue weighted by atomic mass is 10.1. The molecule has 0 radical (unpaired) electrons. The van der Waals surface area contributed by atoms with Crippen LogP contribution in [0.2, 0.25) is 0 Å². The van der Waals surface area contributed by atoms with E-state index in [2.05, 4.69) is 11.4 Å². The van der Waals surface area contributed by atoms with Gasteiger partial charge in [-0.1, -0.05) is 30.3 Å². The van der Waals surface area contributed by atoms with Crippen LogP contribution in [0.5, 0.6) is 5.75 Å². The number of methoxy groups -OCH3 is 1. The van der Waals surface area contributed by atoms with Crippen LogP contribution >= 0.6 is 0 Å². The predicted octanol–water partition coefficient (Wildman–Crippen LogP) is 3.88. The molecule has 0 aromatic heterocycles. The minimum absolute atomic E-state index is 0.0878. The van der Waals surface area contributed by atoms with Gasteiger partial charge in [0.2, 0.25) is 5.91 Å². The Labute approximate surface area is 170 Å². The van der Waals surface area contributed by atoms with Crippen molar-refractivity contribution >= 4 is 28.7 Å². The molecule has 0 saturated heterocycles. The lowest BCUT2D eigenvalue weighted by Crippen LogP contribution is -2.24. The molecule has 3 aromatic rings. The molecule has 3 rings (SSSR count). The van der Waals surface area contributed by atoms with Crippen molar-refractivity contribution in [3.8, 4) is 5.75 Å². The molecule has 0 unspecified atom stereocenters. The molecule has 0 saturated carbocycles. The first-order chi connectivity index (χ1) is 14.0. The molecule has 0 fully saturated rings. The van der Waals surface area contributed by atoms with E-state index < -0.39 is 0 Å². The largest absolute Gasteiger partial charge is 0.497 e. The van der Waals surface area contributed by atoms with Crippen molar-refractivity contribution in [2.45, 2.75) is 6.54 Å². The van der Waals surface area contributed by atoms with Gasteiger partial charge in [0.05, 0.1) is 7.11 Å². The molecule has 0 heterocycles. The summed E-state index contributed by atoms with van der Waals surface area (Å²) in [6, 6.07) is 19.2. The second-order valence-electron chi connectivity index (χ2n) is 6.78. The molecule has 5 nitrogen and oxygen atoms in total. The first-order valence-corrected chi connectivity index (χ1v) is 9.32. The monoisotopic (exact) mass is 388 g/mol. The van der Waals surface area contributed by atoms with E-state index in [9.17, 15) is 9.59 Å². The van der Waals surface area contributed by atoms with E-state index in [1.165, 1.54) is 0 Å². The van der Waals surface area contributed by atoms with Gasteiger partial charge < -0.3 is 15.0 Å². The number of hydrogen-bond donors (Lipinski definition) is 1. The van der Waals surface area contributed by atoms with E-state index in [0.717, 1.165) is 27.6 Å². The van der Waals surface area contributed by atoms with Crippen molar-refractivity contribution in [1.29, 1.82) is 0 Å². The Morgan fingerprint density at radius 1 is 1.00 bits per heavy atom. The molecule has 0 spiro atoms. The fourth-order valence-electron chi connectivity index (χ4n) is 3.04. The summed E-state index contributed by atoms with van der Waals surface area (Å²) in [4.78, 5) is 25.7. The van der Waals surface area contributed by atoms with Gasteiger partial charge in [0, 0.05) is 32.3 Å². The van der Waals surface area contributed by atoms with E-state index >= 15 is 0 Å². The van der Waals surface area contributed by atoms with Gasteiger partial charge >= 0.3 is 0 Å². The fraction of sp³-hybridized carbons (Fsp3) is 0.167. The van der Waals surface area contributed by atoms with Crippen molar-refractivity contribution in [3.05, 3.63) is 83.4 Å². The Bertz CT molecular complexity index is 1060. The number of benzene rings is 3. The smallest absolute Gasteiger partial charge is 0.251 e. The number of nitrogens with zero attached hydrogens (tertiary/aromatic N) is 1. The number of fused-ring (bicyclic) bond motifs is 1. The lowest BCUT2D eigenvalue weighted by molar-refractivity contribution is -0.125. The van der Waals surface area contributed by atoms with E-state index in [-0.39, 0.29) is 11.8 Å². The van der Waals surface area contributed by atoms with Crippen molar-refractivity contribution in [2.75, 3.05) is 21.2 Å². The van der Waals surface area contributed by atoms with Crippen molar-refractivity contribution in [3.63, 3.8) is 0 Å². The van der Waals surface area contributed by atoms with Gasteiger partial charge in [-0.2, -0.15) is 0 Å². The number of likely N-dealkylation sites (N-methyl/N-ethyl adjacent to an activating group) is 1. The maximum atomic E-state index is 12.4. The maximum Gasteiger partial charge on any atom is 0.251 e. The van der Waals surface area contributed by atoms with Crippen LogP contribution in [0.1, 0.15) is 21.5 Å². The van der Waals surface area contributed by atoms with Crippen LogP contribution in [0, 0.1) is 0 Å². The SMILES string of the molecule is CNC(=O)c1ccc(/C=C/C(=O)N(C)Cc2ccc3cc(OC)ccc3c2)cc1. The van der Waals surface area contributed by atoms with Gasteiger partial charge in [-0.05, 0) is 58.3 Å². The van der Waals surface area contributed by atoms with Crippen LogP contribution in [0.4, 0.5) is 0 Å². The number of nitrogens with one attached hydrogen (secondary N) is 1.